The minimum Gasteiger partial charge on any atom is -0.394 e. The van der Waals surface area contributed by atoms with E-state index in [-0.39, 0.29) is 6.61 Å². The van der Waals surface area contributed by atoms with Gasteiger partial charge in [-0.05, 0) is 6.42 Å². The number of rotatable bonds is 19. The highest BCUT2D eigenvalue weighted by atomic mass is 16.4. The summed E-state index contributed by atoms with van der Waals surface area (Å²) in [5, 5.41) is 27.5. The molecule has 3 N–H and O–H groups in total. The summed E-state index contributed by atoms with van der Waals surface area (Å²) in [5.41, 5.74) is 0. The number of unbranched alkanes of at least 4 members (excludes halogenated alkanes) is 15. The summed E-state index contributed by atoms with van der Waals surface area (Å²) < 4.78 is 0. The zero-order chi connectivity index (χ0) is 17.9. The van der Waals surface area contributed by atoms with Crippen LogP contribution in [0, 0.1) is 0 Å². The lowest BCUT2D eigenvalue weighted by molar-refractivity contribution is -0.0185. The van der Waals surface area contributed by atoms with E-state index in [1.54, 1.807) is 0 Å². The van der Waals surface area contributed by atoms with Crippen LogP contribution in [0.5, 0.6) is 0 Å². The van der Waals surface area contributed by atoms with Crippen molar-refractivity contribution in [1.82, 2.24) is 0 Å². The third kappa shape index (κ3) is 16.7. The maximum atomic E-state index is 9.52. The van der Waals surface area contributed by atoms with Crippen LogP contribution >= 0.6 is 0 Å². The maximum Gasteiger partial charge on any atom is 0.103 e. The molecule has 24 heavy (non-hydrogen) atoms. The first-order valence-corrected chi connectivity index (χ1v) is 10.7. The van der Waals surface area contributed by atoms with Crippen molar-refractivity contribution < 1.29 is 15.3 Å². The fourth-order valence-electron chi connectivity index (χ4n) is 3.22. The third-order valence-electron chi connectivity index (χ3n) is 4.98. The van der Waals surface area contributed by atoms with Crippen molar-refractivity contribution in [2.45, 2.75) is 128 Å². The van der Waals surface area contributed by atoms with Crippen LogP contribution in [0.1, 0.15) is 116 Å². The molecule has 2 unspecified atom stereocenters. The lowest BCUT2D eigenvalue weighted by Crippen LogP contribution is -2.28. The second kappa shape index (κ2) is 19.2. The van der Waals surface area contributed by atoms with E-state index >= 15 is 0 Å². The molecule has 0 fully saturated rings. The van der Waals surface area contributed by atoms with Gasteiger partial charge in [-0.3, -0.25) is 0 Å². The molecule has 0 spiro atoms. The summed E-state index contributed by atoms with van der Waals surface area (Å²) in [6, 6.07) is 0. The molecule has 0 aromatic carbocycles. The molecular weight excluding hydrogens is 300 g/mol. The zero-order valence-electron chi connectivity index (χ0n) is 16.2. The van der Waals surface area contributed by atoms with Crippen molar-refractivity contribution >= 4 is 0 Å². The van der Waals surface area contributed by atoms with Crippen molar-refractivity contribution in [2.75, 3.05) is 6.61 Å². The molecule has 0 aliphatic heterocycles. The fourth-order valence-corrected chi connectivity index (χ4v) is 3.22. The predicted molar refractivity (Wildman–Crippen MR) is 103 cm³/mol. The van der Waals surface area contributed by atoms with E-state index < -0.39 is 12.2 Å². The van der Waals surface area contributed by atoms with Crippen LogP contribution < -0.4 is 0 Å². The number of aliphatic hydroxyl groups excluding tert-OH is 3. The Hall–Kier alpha value is -0.120. The third-order valence-corrected chi connectivity index (χ3v) is 4.98. The molecule has 0 bridgehead atoms. The van der Waals surface area contributed by atoms with Gasteiger partial charge in [-0.25, -0.2) is 0 Å². The molecule has 0 radical (unpaired) electrons. The highest BCUT2D eigenvalue weighted by molar-refractivity contribution is 4.65. The van der Waals surface area contributed by atoms with E-state index in [1.165, 1.54) is 89.9 Å². The summed E-state index contributed by atoms with van der Waals surface area (Å²) in [7, 11) is 0. The number of hydrogen-bond acceptors (Lipinski definition) is 3. The number of aliphatic hydroxyl groups is 3. The van der Waals surface area contributed by atoms with Gasteiger partial charge in [-0.15, -0.1) is 0 Å². The first kappa shape index (κ1) is 23.9. The first-order valence-electron chi connectivity index (χ1n) is 10.7. The molecule has 0 aromatic rings. The molecule has 0 aliphatic rings. The van der Waals surface area contributed by atoms with E-state index in [0.717, 1.165) is 12.8 Å². The van der Waals surface area contributed by atoms with Crippen molar-refractivity contribution in [1.29, 1.82) is 0 Å². The lowest BCUT2D eigenvalue weighted by Gasteiger charge is -2.14. The highest BCUT2D eigenvalue weighted by Gasteiger charge is 2.13. The van der Waals surface area contributed by atoms with E-state index in [0.29, 0.717) is 6.42 Å². The molecular formula is C21H44O3. The van der Waals surface area contributed by atoms with Gasteiger partial charge in [0.2, 0.25) is 0 Å². The highest BCUT2D eigenvalue weighted by Crippen LogP contribution is 2.14. The van der Waals surface area contributed by atoms with Crippen LogP contribution in [0.4, 0.5) is 0 Å². The van der Waals surface area contributed by atoms with Crippen molar-refractivity contribution in [3.8, 4) is 0 Å². The Balaban J connectivity index is 3.08. The SMILES string of the molecule is CCCCCCCCCCCCCCCCCCC(O)C(O)CO. The van der Waals surface area contributed by atoms with E-state index in [9.17, 15) is 10.2 Å². The van der Waals surface area contributed by atoms with Crippen LogP contribution in [0.3, 0.4) is 0 Å². The van der Waals surface area contributed by atoms with Crippen LogP contribution in [0.15, 0.2) is 0 Å². The van der Waals surface area contributed by atoms with Gasteiger partial charge in [-0.1, -0.05) is 110 Å². The maximum absolute atomic E-state index is 9.52. The minimum atomic E-state index is -0.971. The van der Waals surface area contributed by atoms with Gasteiger partial charge in [0.25, 0.3) is 0 Å². The lowest BCUT2D eigenvalue weighted by atomic mass is 10.0. The van der Waals surface area contributed by atoms with Gasteiger partial charge in [-0.2, -0.15) is 0 Å². The van der Waals surface area contributed by atoms with Gasteiger partial charge < -0.3 is 15.3 Å². The van der Waals surface area contributed by atoms with Crippen LogP contribution in [-0.2, 0) is 0 Å². The molecule has 3 nitrogen and oxygen atoms in total. The Morgan fingerprint density at radius 2 is 0.833 bits per heavy atom. The van der Waals surface area contributed by atoms with Gasteiger partial charge in [0, 0.05) is 0 Å². The van der Waals surface area contributed by atoms with Gasteiger partial charge in [0.05, 0.1) is 12.7 Å². The van der Waals surface area contributed by atoms with Gasteiger partial charge in [0.1, 0.15) is 6.10 Å². The smallest absolute Gasteiger partial charge is 0.103 e. The molecule has 0 heterocycles. The van der Waals surface area contributed by atoms with Gasteiger partial charge in [0.15, 0.2) is 0 Å². The predicted octanol–water partition coefficient (Wildman–Crippen LogP) is 5.35. The molecule has 3 heteroatoms. The van der Waals surface area contributed by atoms with Crippen molar-refractivity contribution in [3.63, 3.8) is 0 Å². The Bertz CT molecular complexity index is 233. The molecule has 2 atom stereocenters. The van der Waals surface area contributed by atoms with Crippen molar-refractivity contribution in [3.05, 3.63) is 0 Å². The van der Waals surface area contributed by atoms with Crippen LogP contribution in [-0.4, -0.2) is 34.1 Å². The van der Waals surface area contributed by atoms with E-state index in [4.69, 9.17) is 5.11 Å². The monoisotopic (exact) mass is 344 g/mol. The molecule has 146 valence electrons. The largest absolute Gasteiger partial charge is 0.394 e. The first-order chi connectivity index (χ1) is 11.7. The standard InChI is InChI=1S/C21H44O3/c1-2-3-4-5-6-7-8-9-10-11-12-13-14-15-16-17-18-20(23)21(24)19-22/h20-24H,2-19H2,1H3. The summed E-state index contributed by atoms with van der Waals surface area (Å²) in [6.07, 6.45) is 20.2. The summed E-state index contributed by atoms with van der Waals surface area (Å²) in [5.74, 6) is 0. The molecule has 0 amide bonds. The Morgan fingerprint density at radius 1 is 0.500 bits per heavy atom. The van der Waals surface area contributed by atoms with Crippen LogP contribution in [0.25, 0.3) is 0 Å². The normalized spacial score (nSPS) is 14.0. The Morgan fingerprint density at radius 3 is 1.17 bits per heavy atom. The fraction of sp³-hybridized carbons (Fsp3) is 1.00. The molecule has 0 rings (SSSR count). The van der Waals surface area contributed by atoms with E-state index in [2.05, 4.69) is 6.92 Å². The average Bonchev–Trinajstić information content (AvgIpc) is 2.60. The molecule has 0 aliphatic carbocycles. The molecule has 0 aromatic heterocycles. The summed E-state index contributed by atoms with van der Waals surface area (Å²) in [6.45, 7) is 1.93. The topological polar surface area (TPSA) is 60.7 Å². The quantitative estimate of drug-likeness (QED) is 0.277. The minimum absolute atomic E-state index is 0.347. The Labute approximate surface area is 150 Å². The van der Waals surface area contributed by atoms with Crippen molar-refractivity contribution in [2.24, 2.45) is 0 Å². The zero-order valence-corrected chi connectivity index (χ0v) is 16.2. The second-order valence-corrected chi connectivity index (χ2v) is 7.41. The number of hydrogen-bond donors (Lipinski definition) is 3. The molecule has 0 saturated carbocycles. The summed E-state index contributed by atoms with van der Waals surface area (Å²) >= 11 is 0. The van der Waals surface area contributed by atoms with E-state index in [1.807, 2.05) is 0 Å². The second-order valence-electron chi connectivity index (χ2n) is 7.41. The van der Waals surface area contributed by atoms with Gasteiger partial charge >= 0.3 is 0 Å². The average molecular weight is 345 g/mol. The summed E-state index contributed by atoms with van der Waals surface area (Å²) in [4.78, 5) is 0. The van der Waals surface area contributed by atoms with Crippen LogP contribution in [0.2, 0.25) is 0 Å². The molecule has 0 saturated heterocycles. The Kier molecular flexibility index (Phi) is 19.1.